The van der Waals surface area contributed by atoms with Gasteiger partial charge in [-0.05, 0) is 103 Å². The third-order valence-corrected chi connectivity index (χ3v) is 13.6. The largest absolute Gasteiger partial charge is 0.453 e. The summed E-state index contributed by atoms with van der Waals surface area (Å²) in [6.07, 6.45) is 7.03. The van der Waals surface area contributed by atoms with Gasteiger partial charge in [-0.2, -0.15) is 0 Å². The van der Waals surface area contributed by atoms with Gasteiger partial charge in [0.1, 0.15) is 23.7 Å². The van der Waals surface area contributed by atoms with E-state index in [4.69, 9.17) is 19.4 Å². The SMILES string of the molecule is CC[C@H]1C[C@@H](c2ncc(-c3ccc(-c4ccc5c(ccc6[nH]c([C@@H]7CC[C@H](C)N7C(=O)[C@@H](NC(=O)OC)C(C)C)nc65)c4)c4c3CCC4)[nH]2)N(C(=O)[C@@H](NC(=O)OC)C(C)C)C1. The highest BCUT2D eigenvalue weighted by molar-refractivity contribution is 6.05. The number of ether oxygens (including phenoxy) is 2. The van der Waals surface area contributed by atoms with Gasteiger partial charge in [0.05, 0.1) is 49.2 Å². The number of imidazole rings is 2. The fourth-order valence-electron chi connectivity index (χ4n) is 10.1. The molecule has 8 rings (SSSR count). The minimum Gasteiger partial charge on any atom is -0.453 e. The lowest BCUT2D eigenvalue weighted by molar-refractivity contribution is -0.137. The minimum atomic E-state index is -0.711. The number of benzene rings is 3. The van der Waals surface area contributed by atoms with Gasteiger partial charge < -0.3 is 39.9 Å². The zero-order chi connectivity index (χ0) is 44.0. The third-order valence-electron chi connectivity index (χ3n) is 13.6. The Bertz CT molecular complexity index is 2510. The summed E-state index contributed by atoms with van der Waals surface area (Å²) in [5, 5.41) is 7.63. The van der Waals surface area contributed by atoms with Gasteiger partial charge >= 0.3 is 12.2 Å². The number of hydrogen-bond acceptors (Lipinski definition) is 8. The van der Waals surface area contributed by atoms with Gasteiger partial charge in [0.25, 0.3) is 0 Å². The number of methoxy groups -OCH3 is 2. The molecular weight excluding hydrogens is 785 g/mol. The average Bonchev–Trinajstić information content (AvgIpc) is 4.12. The van der Waals surface area contributed by atoms with Crippen LogP contribution in [0.3, 0.4) is 0 Å². The predicted octanol–water partition coefficient (Wildman–Crippen LogP) is 8.37. The smallest absolute Gasteiger partial charge is 0.407 e. The number of carbonyl (C=O) groups is 4. The van der Waals surface area contributed by atoms with Crippen molar-refractivity contribution in [2.45, 2.75) is 117 Å². The Morgan fingerprint density at radius 2 is 1.50 bits per heavy atom. The topological polar surface area (TPSA) is 175 Å². The number of hydrogen-bond donors (Lipinski definition) is 4. The van der Waals surface area contributed by atoms with E-state index >= 15 is 0 Å². The molecule has 2 saturated heterocycles. The standard InChI is InChI=1S/C48H60N8O6/c1-9-28-21-39(55(24-28)45(57)40(25(2)3)53-47(59)61-7)43-49-23-37(51-43)35-18-17-31(33-11-10-12-34(33)35)29-14-16-32-30(22-29)15-19-36-42(32)52-44(50-36)38-20-13-27(6)56(38)46(58)41(26(4)5)54-48(60)62-8/h14-19,22-23,25-28,38-41H,9-13,20-21,24H2,1-8H3,(H,49,51)(H,50,52)(H,53,59)(H,54,60)/t27-,28-,38-,39-,40-,41-/m0/s1. The third kappa shape index (κ3) is 7.88. The monoisotopic (exact) mass is 844 g/mol. The van der Waals surface area contributed by atoms with Crippen LogP contribution in [0, 0.1) is 17.8 Å². The van der Waals surface area contributed by atoms with Crippen LogP contribution in [0.2, 0.25) is 0 Å². The molecule has 5 aromatic rings. The van der Waals surface area contributed by atoms with Crippen molar-refractivity contribution in [3.8, 4) is 22.4 Å². The number of carbonyl (C=O) groups excluding carboxylic acids is 4. The van der Waals surface area contributed by atoms with Gasteiger partial charge in [-0.3, -0.25) is 9.59 Å². The van der Waals surface area contributed by atoms with Gasteiger partial charge in [-0.15, -0.1) is 0 Å². The summed E-state index contributed by atoms with van der Waals surface area (Å²) in [5.74, 6) is 1.35. The second-order valence-electron chi connectivity index (χ2n) is 18.1. The zero-order valence-corrected chi connectivity index (χ0v) is 37.1. The number of nitrogens with zero attached hydrogens (tertiary/aromatic N) is 4. The minimum absolute atomic E-state index is 0.00752. The van der Waals surface area contributed by atoms with Crippen molar-refractivity contribution in [2.75, 3.05) is 20.8 Å². The maximum atomic E-state index is 14.0. The first kappa shape index (κ1) is 42.8. The summed E-state index contributed by atoms with van der Waals surface area (Å²) in [6.45, 7) is 12.5. The average molecular weight is 845 g/mol. The molecule has 2 fully saturated rings. The highest BCUT2D eigenvalue weighted by atomic mass is 16.5. The van der Waals surface area contributed by atoms with Crippen molar-refractivity contribution in [1.29, 1.82) is 0 Å². The molecule has 3 aromatic carbocycles. The van der Waals surface area contributed by atoms with Gasteiger partial charge in [0, 0.05) is 23.5 Å². The van der Waals surface area contributed by atoms with Gasteiger partial charge in [-0.1, -0.05) is 71.4 Å². The molecule has 0 spiro atoms. The molecule has 3 aliphatic rings. The van der Waals surface area contributed by atoms with E-state index < -0.39 is 24.3 Å². The zero-order valence-electron chi connectivity index (χ0n) is 37.1. The van der Waals surface area contributed by atoms with E-state index in [0.29, 0.717) is 12.5 Å². The van der Waals surface area contributed by atoms with E-state index in [1.807, 2.05) is 43.7 Å². The second kappa shape index (κ2) is 17.5. The lowest BCUT2D eigenvalue weighted by Crippen LogP contribution is -2.52. The van der Waals surface area contributed by atoms with Gasteiger partial charge in [0.15, 0.2) is 0 Å². The van der Waals surface area contributed by atoms with E-state index in [1.165, 1.54) is 30.9 Å². The van der Waals surface area contributed by atoms with Crippen molar-refractivity contribution in [3.05, 3.63) is 71.4 Å². The fraction of sp³-hybridized carbons (Fsp3) is 0.500. The van der Waals surface area contributed by atoms with Crippen molar-refractivity contribution < 1.29 is 28.7 Å². The summed E-state index contributed by atoms with van der Waals surface area (Å²) in [7, 11) is 2.61. The quantitative estimate of drug-likeness (QED) is 0.103. The van der Waals surface area contributed by atoms with Crippen LogP contribution in [-0.2, 0) is 31.9 Å². The lowest BCUT2D eigenvalue weighted by atomic mass is 9.91. The maximum absolute atomic E-state index is 14.0. The molecule has 6 atom stereocenters. The number of aromatic nitrogens is 4. The molecule has 4 heterocycles. The molecule has 4 amide bonds. The number of H-pyrrole nitrogens is 2. The number of rotatable bonds is 11. The molecule has 1 aliphatic carbocycles. The first-order chi connectivity index (χ1) is 29.8. The van der Waals surface area contributed by atoms with Crippen LogP contribution in [0.25, 0.3) is 44.2 Å². The summed E-state index contributed by atoms with van der Waals surface area (Å²) >= 11 is 0. The number of likely N-dealkylation sites (tertiary alicyclic amines) is 2. The first-order valence-electron chi connectivity index (χ1n) is 22.3. The lowest BCUT2D eigenvalue weighted by Gasteiger charge is -2.32. The molecular formula is C48H60N8O6. The van der Waals surface area contributed by atoms with E-state index in [2.05, 4.69) is 76.9 Å². The highest BCUT2D eigenvalue weighted by Gasteiger charge is 2.43. The molecule has 2 aliphatic heterocycles. The molecule has 0 radical (unpaired) electrons. The van der Waals surface area contributed by atoms with Crippen molar-refractivity contribution >= 4 is 45.8 Å². The predicted molar refractivity (Wildman–Crippen MR) is 238 cm³/mol. The molecule has 0 saturated carbocycles. The maximum Gasteiger partial charge on any atom is 0.407 e. The van der Waals surface area contributed by atoms with Crippen molar-refractivity contribution in [3.63, 3.8) is 0 Å². The Morgan fingerprint density at radius 1 is 0.823 bits per heavy atom. The number of alkyl carbamates (subject to hydrolysis) is 2. The summed E-state index contributed by atoms with van der Waals surface area (Å²) in [5.41, 5.74) is 8.89. The Morgan fingerprint density at radius 3 is 2.18 bits per heavy atom. The number of nitrogens with one attached hydrogen (secondary N) is 4. The Labute approximate surface area is 362 Å². The molecule has 62 heavy (non-hydrogen) atoms. The Kier molecular flexibility index (Phi) is 12.0. The summed E-state index contributed by atoms with van der Waals surface area (Å²) < 4.78 is 9.68. The molecule has 0 unspecified atom stereocenters. The van der Waals surface area contributed by atoms with Crippen molar-refractivity contribution in [1.82, 2.24) is 40.4 Å². The van der Waals surface area contributed by atoms with Crippen LogP contribution in [-0.4, -0.2) is 92.6 Å². The number of amides is 4. The van der Waals surface area contributed by atoms with E-state index in [9.17, 15) is 19.2 Å². The molecule has 0 bridgehead atoms. The summed E-state index contributed by atoms with van der Waals surface area (Å²) in [6, 6.07) is 13.3. The highest BCUT2D eigenvalue weighted by Crippen LogP contribution is 2.42. The fourth-order valence-corrected chi connectivity index (χ4v) is 10.1. The number of aromatic amines is 2. The molecule has 14 heteroatoms. The first-order valence-corrected chi connectivity index (χ1v) is 22.3. The van der Waals surface area contributed by atoms with Crippen LogP contribution in [0.15, 0.2) is 48.7 Å². The molecule has 14 nitrogen and oxygen atoms in total. The van der Waals surface area contributed by atoms with Crippen LogP contribution in [0.4, 0.5) is 9.59 Å². The summed E-state index contributed by atoms with van der Waals surface area (Å²) in [4.78, 5) is 73.3. The van der Waals surface area contributed by atoms with E-state index in [0.717, 1.165) is 95.2 Å². The Balaban J connectivity index is 1.06. The number of fused-ring (bicyclic) bond motifs is 4. The van der Waals surface area contributed by atoms with E-state index in [1.54, 1.807) is 0 Å². The second-order valence-corrected chi connectivity index (χ2v) is 18.1. The van der Waals surface area contributed by atoms with Crippen molar-refractivity contribution in [2.24, 2.45) is 17.8 Å². The molecule has 328 valence electrons. The van der Waals surface area contributed by atoms with Gasteiger partial charge in [0.2, 0.25) is 11.8 Å². The Hall–Kier alpha value is -5.92. The molecule has 4 N–H and O–H groups in total. The van der Waals surface area contributed by atoms with Crippen LogP contribution in [0.1, 0.15) is 109 Å². The van der Waals surface area contributed by atoms with Gasteiger partial charge in [-0.25, -0.2) is 19.6 Å². The molecule has 2 aromatic heterocycles. The van der Waals surface area contributed by atoms with Crippen LogP contribution < -0.4 is 10.6 Å². The van der Waals surface area contributed by atoms with Crippen LogP contribution >= 0.6 is 0 Å². The normalized spacial score (nSPS) is 20.9. The van der Waals surface area contributed by atoms with Crippen LogP contribution in [0.5, 0.6) is 0 Å². The van der Waals surface area contributed by atoms with E-state index in [-0.39, 0.29) is 41.8 Å².